The maximum atomic E-state index is 13.0. The minimum atomic E-state index is -0.704. The number of aryl methyl sites for hydroxylation is 1. The molecule has 2 aromatic carbocycles. The van der Waals surface area contributed by atoms with Crippen molar-refractivity contribution in [3.8, 4) is 0 Å². The van der Waals surface area contributed by atoms with Gasteiger partial charge >= 0.3 is 0 Å². The number of hydrogen-bond acceptors (Lipinski definition) is 1. The molecule has 21 heavy (non-hydrogen) atoms. The van der Waals surface area contributed by atoms with Gasteiger partial charge in [0.25, 0.3) is 0 Å². The molecule has 0 aliphatic heterocycles. The van der Waals surface area contributed by atoms with E-state index in [4.69, 9.17) is 5.53 Å². The molecule has 0 aliphatic rings. The second-order valence-electron chi connectivity index (χ2n) is 4.47. The molecule has 0 bridgehead atoms. The van der Waals surface area contributed by atoms with E-state index in [0.29, 0.717) is 5.56 Å². The van der Waals surface area contributed by atoms with Crippen LogP contribution in [0.2, 0.25) is 0 Å². The van der Waals surface area contributed by atoms with Gasteiger partial charge in [-0.05, 0) is 46.9 Å². The molecule has 0 spiro atoms. The van der Waals surface area contributed by atoms with Crippen LogP contribution in [0.3, 0.4) is 0 Å². The van der Waals surface area contributed by atoms with E-state index >= 15 is 0 Å². The van der Waals surface area contributed by atoms with Crippen molar-refractivity contribution in [3.63, 3.8) is 0 Å². The van der Waals surface area contributed by atoms with Crippen LogP contribution in [0.25, 0.3) is 22.1 Å². The van der Waals surface area contributed by atoms with Gasteiger partial charge in [0, 0.05) is 10.5 Å². The van der Waals surface area contributed by atoms with Crippen molar-refractivity contribution >= 4 is 17.6 Å². The third-order valence-electron chi connectivity index (χ3n) is 2.91. The summed E-state index contributed by atoms with van der Waals surface area (Å²) < 4.78 is 13.0. The number of rotatable bonds is 3. The maximum absolute atomic E-state index is 13.0. The zero-order chi connectivity index (χ0) is 15.2. The molecule has 0 radical (unpaired) electrons. The van der Waals surface area contributed by atoms with Gasteiger partial charge in [0.15, 0.2) is 0 Å². The second kappa shape index (κ2) is 6.50. The lowest BCUT2D eigenvalue weighted by Crippen LogP contribution is -1.97. The van der Waals surface area contributed by atoms with Gasteiger partial charge in [-0.2, -0.15) is 0 Å². The molecule has 0 saturated carbocycles. The Balaban J connectivity index is 2.50. The predicted octanol–water partition coefficient (Wildman–Crippen LogP) is 4.51. The number of amides is 1. The summed E-state index contributed by atoms with van der Waals surface area (Å²) in [5.74, 6) is -1.10. The first-order valence-corrected chi connectivity index (χ1v) is 6.24. The van der Waals surface area contributed by atoms with Crippen molar-refractivity contribution in [3.05, 3.63) is 81.5 Å². The summed E-state index contributed by atoms with van der Waals surface area (Å²) in [6, 6.07) is 13.0. The lowest BCUT2D eigenvalue weighted by Gasteiger charge is -2.04. The molecule has 104 valence electrons. The number of azide groups is 1. The fraction of sp³-hybridized carbons (Fsp3) is 0.0625. The Morgan fingerprint density at radius 1 is 1.14 bits per heavy atom. The van der Waals surface area contributed by atoms with E-state index < -0.39 is 11.7 Å². The highest BCUT2D eigenvalue weighted by molar-refractivity contribution is 6.24. The van der Waals surface area contributed by atoms with Crippen molar-refractivity contribution < 1.29 is 9.18 Å². The number of benzene rings is 2. The van der Waals surface area contributed by atoms with Crippen LogP contribution in [0.5, 0.6) is 0 Å². The number of carbonyl (C=O) groups excluding carboxylic acids is 1. The third kappa shape index (κ3) is 3.78. The van der Waals surface area contributed by atoms with E-state index in [1.165, 1.54) is 24.3 Å². The summed E-state index contributed by atoms with van der Waals surface area (Å²) in [6.07, 6.45) is 1.61. The number of nitrogens with zero attached hydrogens (tertiary/aromatic N) is 3. The maximum Gasteiger partial charge on any atom is 0.249 e. The highest BCUT2D eigenvalue weighted by Gasteiger charge is 2.10. The lowest BCUT2D eigenvalue weighted by molar-refractivity contribution is -0.112. The first-order valence-electron chi connectivity index (χ1n) is 6.24. The van der Waals surface area contributed by atoms with Gasteiger partial charge in [-0.3, -0.25) is 4.79 Å². The van der Waals surface area contributed by atoms with E-state index in [-0.39, 0.29) is 5.57 Å². The van der Waals surface area contributed by atoms with Crippen molar-refractivity contribution in [1.82, 2.24) is 0 Å². The molecule has 0 fully saturated rings. The molecule has 0 heterocycles. The van der Waals surface area contributed by atoms with Crippen LogP contribution in [-0.2, 0) is 4.79 Å². The summed E-state index contributed by atoms with van der Waals surface area (Å²) >= 11 is 0. The highest BCUT2D eigenvalue weighted by Crippen LogP contribution is 2.21. The number of halogens is 1. The average molecular weight is 281 g/mol. The van der Waals surface area contributed by atoms with Crippen molar-refractivity contribution in [2.45, 2.75) is 6.92 Å². The standard InChI is InChI=1S/C16H12FN3O/c1-11-2-4-12(5-3-11)10-15(16(21)19-20-18)13-6-8-14(17)9-7-13/h2-10H,1H3. The Hall–Kier alpha value is -2.91. The van der Waals surface area contributed by atoms with E-state index in [9.17, 15) is 9.18 Å². The van der Waals surface area contributed by atoms with Crippen LogP contribution in [0, 0.1) is 12.7 Å². The molecular formula is C16H12FN3O. The van der Waals surface area contributed by atoms with E-state index in [0.717, 1.165) is 11.1 Å². The SMILES string of the molecule is Cc1ccc(C=C(C(=O)N=[N+]=[N-])c2ccc(F)cc2)cc1. The van der Waals surface area contributed by atoms with Crippen LogP contribution in [0.4, 0.5) is 4.39 Å². The summed E-state index contributed by atoms with van der Waals surface area (Å²) in [4.78, 5) is 14.4. The average Bonchev–Trinajstić information content (AvgIpc) is 2.48. The topological polar surface area (TPSA) is 65.8 Å². The van der Waals surface area contributed by atoms with Gasteiger partial charge in [-0.15, -0.1) is 0 Å². The Morgan fingerprint density at radius 3 is 2.33 bits per heavy atom. The molecule has 1 amide bonds. The minimum absolute atomic E-state index is 0.219. The quantitative estimate of drug-likeness (QED) is 0.268. The smallest absolute Gasteiger partial charge is 0.249 e. The van der Waals surface area contributed by atoms with Gasteiger partial charge in [0.1, 0.15) is 5.82 Å². The van der Waals surface area contributed by atoms with Gasteiger partial charge < -0.3 is 0 Å². The zero-order valence-electron chi connectivity index (χ0n) is 11.3. The van der Waals surface area contributed by atoms with Crippen LogP contribution >= 0.6 is 0 Å². The Kier molecular flexibility index (Phi) is 4.49. The van der Waals surface area contributed by atoms with Gasteiger partial charge in [-0.1, -0.05) is 42.0 Å². The fourth-order valence-corrected chi connectivity index (χ4v) is 1.82. The van der Waals surface area contributed by atoms with Gasteiger partial charge in [0.05, 0.1) is 0 Å². The molecule has 0 atom stereocenters. The highest BCUT2D eigenvalue weighted by atomic mass is 19.1. The molecule has 5 heteroatoms. The molecule has 4 nitrogen and oxygen atoms in total. The Bertz CT molecular complexity index is 727. The monoisotopic (exact) mass is 281 g/mol. The largest absolute Gasteiger partial charge is 0.287 e. The summed E-state index contributed by atoms with van der Waals surface area (Å²) in [5, 5.41) is 3.12. The summed E-state index contributed by atoms with van der Waals surface area (Å²) in [7, 11) is 0. The first-order chi connectivity index (χ1) is 10.1. The van der Waals surface area contributed by atoms with Crippen LogP contribution in [-0.4, -0.2) is 5.91 Å². The van der Waals surface area contributed by atoms with Crippen LogP contribution < -0.4 is 0 Å². The third-order valence-corrected chi connectivity index (χ3v) is 2.91. The molecule has 0 saturated heterocycles. The second-order valence-corrected chi connectivity index (χ2v) is 4.47. The molecular weight excluding hydrogens is 269 g/mol. The zero-order valence-corrected chi connectivity index (χ0v) is 11.3. The predicted molar refractivity (Wildman–Crippen MR) is 79.6 cm³/mol. The molecule has 2 rings (SSSR count). The van der Waals surface area contributed by atoms with E-state index in [2.05, 4.69) is 10.0 Å². The lowest BCUT2D eigenvalue weighted by atomic mass is 10.0. The summed E-state index contributed by atoms with van der Waals surface area (Å²) in [5.41, 5.74) is 11.0. The molecule has 0 N–H and O–H groups in total. The van der Waals surface area contributed by atoms with Crippen molar-refractivity contribution in [1.29, 1.82) is 0 Å². The van der Waals surface area contributed by atoms with Gasteiger partial charge in [-0.25, -0.2) is 4.39 Å². The molecule has 0 unspecified atom stereocenters. The number of hydrogen-bond donors (Lipinski definition) is 0. The number of carbonyl (C=O) groups is 1. The Labute approximate surface area is 121 Å². The fourth-order valence-electron chi connectivity index (χ4n) is 1.82. The molecule has 0 aliphatic carbocycles. The van der Waals surface area contributed by atoms with Crippen LogP contribution in [0.1, 0.15) is 16.7 Å². The van der Waals surface area contributed by atoms with Crippen LogP contribution in [0.15, 0.2) is 53.6 Å². The molecule has 2 aromatic rings. The summed E-state index contributed by atoms with van der Waals surface area (Å²) in [6.45, 7) is 1.96. The normalized spacial score (nSPS) is 10.9. The van der Waals surface area contributed by atoms with Crippen molar-refractivity contribution in [2.75, 3.05) is 0 Å². The Morgan fingerprint density at radius 2 is 1.76 bits per heavy atom. The first kappa shape index (κ1) is 14.5. The van der Waals surface area contributed by atoms with Gasteiger partial charge in [0.2, 0.25) is 5.91 Å². The van der Waals surface area contributed by atoms with E-state index in [1.54, 1.807) is 6.08 Å². The van der Waals surface area contributed by atoms with Crippen molar-refractivity contribution in [2.24, 2.45) is 5.11 Å². The van der Waals surface area contributed by atoms with E-state index in [1.807, 2.05) is 31.2 Å². The molecule has 0 aromatic heterocycles. The minimum Gasteiger partial charge on any atom is -0.287 e.